The molecule has 0 fully saturated rings. The zero-order chi connectivity index (χ0) is 59.0. The molecule has 0 atom stereocenters. The van der Waals surface area contributed by atoms with Gasteiger partial charge < -0.3 is 9.47 Å². The molecule has 1 aromatic heterocycles. The minimum Gasteiger partial charge on any atom is -0.309 e. The highest BCUT2D eigenvalue weighted by atomic mass is 15.1. The molecule has 418 valence electrons. The number of hydrogen-bond donors (Lipinski definition) is 0. The first kappa shape index (κ1) is 53.4. The van der Waals surface area contributed by atoms with E-state index in [4.69, 9.17) is 0 Å². The lowest BCUT2D eigenvalue weighted by Crippen LogP contribution is -2.28. The summed E-state index contributed by atoms with van der Waals surface area (Å²) in [6.45, 7) is 14.0. The fraction of sp³-hybridized carbons (Fsp3) is 0.106. The Bertz CT molecular complexity index is 4860. The van der Waals surface area contributed by atoms with Gasteiger partial charge in [-0.2, -0.15) is 0 Å². The van der Waals surface area contributed by atoms with Crippen LogP contribution in [0.15, 0.2) is 303 Å². The van der Waals surface area contributed by atoms with Gasteiger partial charge in [0.2, 0.25) is 0 Å². The minimum atomic E-state index is -0.555. The van der Waals surface area contributed by atoms with Crippen LogP contribution in [0.3, 0.4) is 0 Å². The first-order valence-corrected chi connectivity index (χ1v) is 30.7. The maximum absolute atomic E-state index is 2.55. The molecule has 2 heteroatoms. The van der Waals surface area contributed by atoms with Crippen molar-refractivity contribution in [1.82, 2.24) is 4.57 Å². The van der Waals surface area contributed by atoms with Crippen LogP contribution in [-0.4, -0.2) is 4.57 Å². The Kier molecular flexibility index (Phi) is 12.9. The standard InChI is InChI=1S/C85H68N2/c1-83(2,3)63-52-60(53-64(56-63)84(4,5)6)67-42-25-28-57-29-26-43-71(81(57)67)68-38-17-21-47-77(68)87(66-37-24-30-58(54-66)59-50-51-80-74(55-59)70-40-19-23-49-79(70)86(80)65-35-14-9-15-36-65)78-48-22-18-39-69(78)72-44-27-46-76-82(72)73-41-16-20-45-75(73)85(76,61-31-10-7-11-32-61)62-33-12-8-13-34-62/h7-56H,1-6H3. The molecule has 0 amide bonds. The number of fused-ring (bicyclic) bond motifs is 7. The quantitative estimate of drug-likeness (QED) is 0.132. The van der Waals surface area contributed by atoms with Crippen molar-refractivity contribution in [2.45, 2.75) is 57.8 Å². The second-order valence-electron chi connectivity index (χ2n) is 25.6. The Morgan fingerprint density at radius 1 is 0.322 bits per heavy atom. The molecule has 0 saturated carbocycles. The molecule has 0 radical (unpaired) electrons. The van der Waals surface area contributed by atoms with E-state index in [9.17, 15) is 0 Å². The van der Waals surface area contributed by atoms with Crippen LogP contribution in [0, 0.1) is 0 Å². The predicted molar refractivity (Wildman–Crippen MR) is 369 cm³/mol. The molecule has 15 rings (SSSR count). The topological polar surface area (TPSA) is 8.17 Å². The Morgan fingerprint density at radius 3 is 1.48 bits per heavy atom. The summed E-state index contributed by atoms with van der Waals surface area (Å²) in [5, 5.41) is 4.89. The van der Waals surface area contributed by atoms with Crippen molar-refractivity contribution in [3.63, 3.8) is 0 Å². The number of rotatable bonds is 10. The molecule has 0 unspecified atom stereocenters. The number of aromatic nitrogens is 1. The second kappa shape index (κ2) is 21.0. The normalized spacial score (nSPS) is 12.8. The van der Waals surface area contributed by atoms with Crippen LogP contribution in [-0.2, 0) is 16.2 Å². The molecule has 87 heavy (non-hydrogen) atoms. The van der Waals surface area contributed by atoms with E-state index in [1.165, 1.54) is 99.3 Å². The predicted octanol–water partition coefficient (Wildman–Crippen LogP) is 23.0. The summed E-state index contributed by atoms with van der Waals surface area (Å²) >= 11 is 0. The Hall–Kier alpha value is -10.3. The van der Waals surface area contributed by atoms with Gasteiger partial charge in [0.05, 0.1) is 27.8 Å². The van der Waals surface area contributed by atoms with Crippen LogP contribution in [0.25, 0.3) is 93.9 Å². The van der Waals surface area contributed by atoms with Crippen LogP contribution in [0.4, 0.5) is 17.1 Å². The highest BCUT2D eigenvalue weighted by Crippen LogP contribution is 2.59. The fourth-order valence-corrected chi connectivity index (χ4v) is 14.2. The number of hydrogen-bond acceptors (Lipinski definition) is 1. The number of para-hydroxylation sites is 4. The summed E-state index contributed by atoms with van der Waals surface area (Å²) < 4.78 is 2.40. The van der Waals surface area contributed by atoms with Crippen molar-refractivity contribution in [2.75, 3.05) is 4.90 Å². The molecule has 13 aromatic carbocycles. The summed E-state index contributed by atoms with van der Waals surface area (Å²) in [5.74, 6) is 0. The molecule has 14 aromatic rings. The van der Waals surface area contributed by atoms with Gasteiger partial charge in [0.15, 0.2) is 0 Å². The third-order valence-electron chi connectivity index (χ3n) is 18.4. The van der Waals surface area contributed by atoms with E-state index in [0.717, 1.165) is 45.0 Å². The van der Waals surface area contributed by atoms with Crippen molar-refractivity contribution < 1.29 is 0 Å². The van der Waals surface area contributed by atoms with Crippen LogP contribution in [0.5, 0.6) is 0 Å². The maximum Gasteiger partial charge on any atom is 0.0713 e. The van der Waals surface area contributed by atoms with E-state index in [1.54, 1.807) is 0 Å². The maximum atomic E-state index is 2.55. The van der Waals surface area contributed by atoms with E-state index >= 15 is 0 Å². The fourth-order valence-electron chi connectivity index (χ4n) is 14.2. The highest BCUT2D eigenvalue weighted by Gasteiger charge is 2.47. The molecule has 1 aliphatic carbocycles. The lowest BCUT2D eigenvalue weighted by atomic mass is 9.67. The summed E-state index contributed by atoms with van der Waals surface area (Å²) in [6, 6.07) is 114. The van der Waals surface area contributed by atoms with E-state index in [0.29, 0.717) is 0 Å². The molecule has 1 aliphatic rings. The number of nitrogens with zero attached hydrogens (tertiary/aromatic N) is 2. The van der Waals surface area contributed by atoms with Gasteiger partial charge in [-0.1, -0.05) is 290 Å². The van der Waals surface area contributed by atoms with Crippen molar-refractivity contribution in [3.8, 4) is 61.3 Å². The van der Waals surface area contributed by atoms with Crippen molar-refractivity contribution in [2.24, 2.45) is 0 Å². The van der Waals surface area contributed by atoms with E-state index < -0.39 is 5.41 Å². The smallest absolute Gasteiger partial charge is 0.0713 e. The van der Waals surface area contributed by atoms with E-state index in [1.807, 2.05) is 0 Å². The van der Waals surface area contributed by atoms with Gasteiger partial charge in [0.1, 0.15) is 0 Å². The number of benzene rings is 13. The molecule has 0 spiro atoms. The van der Waals surface area contributed by atoms with E-state index in [2.05, 4.69) is 354 Å². The molecule has 2 nitrogen and oxygen atoms in total. The molecule has 0 bridgehead atoms. The van der Waals surface area contributed by atoms with Gasteiger partial charge in [0.25, 0.3) is 0 Å². The first-order valence-electron chi connectivity index (χ1n) is 30.7. The van der Waals surface area contributed by atoms with Gasteiger partial charge in [-0.15, -0.1) is 0 Å². The summed E-state index contributed by atoms with van der Waals surface area (Å²) in [6.07, 6.45) is 0. The average Bonchev–Trinajstić information content (AvgIpc) is 1.58. The molecule has 0 N–H and O–H groups in total. The van der Waals surface area contributed by atoms with Gasteiger partial charge in [-0.3, -0.25) is 0 Å². The van der Waals surface area contributed by atoms with Gasteiger partial charge in [-0.25, -0.2) is 0 Å². The summed E-state index contributed by atoms with van der Waals surface area (Å²) in [7, 11) is 0. The Labute approximate surface area is 512 Å². The highest BCUT2D eigenvalue weighted by molar-refractivity contribution is 6.12. The van der Waals surface area contributed by atoms with Gasteiger partial charge in [-0.05, 0) is 154 Å². The lowest BCUT2D eigenvalue weighted by molar-refractivity contribution is 0.569. The van der Waals surface area contributed by atoms with Crippen molar-refractivity contribution >= 4 is 49.6 Å². The third kappa shape index (κ3) is 8.93. The van der Waals surface area contributed by atoms with Crippen LogP contribution >= 0.6 is 0 Å². The molecular formula is C85H68N2. The summed E-state index contributed by atoms with van der Waals surface area (Å²) in [5.41, 5.74) is 25.7. The Balaban J connectivity index is 0.983. The molecule has 0 saturated heterocycles. The summed E-state index contributed by atoms with van der Waals surface area (Å²) in [4.78, 5) is 2.55. The van der Waals surface area contributed by atoms with Crippen LogP contribution < -0.4 is 4.90 Å². The SMILES string of the molecule is CC(C)(C)c1cc(-c2cccc3cccc(-c4ccccc4N(c4cccc(-c5ccc6c(c5)c5ccccc5n6-c5ccccc5)c4)c4ccccc4-c4cccc5c4-c4ccccc4C5(c4ccccc4)c4ccccc4)c23)cc(C(C)(C)C)c1. The molecule has 1 heterocycles. The van der Waals surface area contributed by atoms with E-state index in [-0.39, 0.29) is 10.8 Å². The van der Waals surface area contributed by atoms with Crippen molar-refractivity contribution in [3.05, 3.63) is 337 Å². The second-order valence-corrected chi connectivity index (χ2v) is 25.6. The van der Waals surface area contributed by atoms with Gasteiger partial charge in [0, 0.05) is 33.3 Å². The lowest BCUT2D eigenvalue weighted by Gasteiger charge is -2.34. The minimum absolute atomic E-state index is 0.0449. The first-order chi connectivity index (χ1) is 42.4. The van der Waals surface area contributed by atoms with Crippen molar-refractivity contribution in [1.29, 1.82) is 0 Å². The number of anilines is 3. The van der Waals surface area contributed by atoms with Crippen LogP contribution in [0.2, 0.25) is 0 Å². The molecular weight excluding hydrogens is 1050 g/mol. The zero-order valence-corrected chi connectivity index (χ0v) is 50.3. The zero-order valence-electron chi connectivity index (χ0n) is 50.3. The van der Waals surface area contributed by atoms with Gasteiger partial charge >= 0.3 is 0 Å². The van der Waals surface area contributed by atoms with Crippen LogP contribution in [0.1, 0.15) is 74.9 Å². The molecule has 0 aliphatic heterocycles. The third-order valence-corrected chi connectivity index (χ3v) is 18.4. The largest absolute Gasteiger partial charge is 0.309 e. The monoisotopic (exact) mass is 1120 g/mol. The Morgan fingerprint density at radius 2 is 0.816 bits per heavy atom. The average molecular weight is 1120 g/mol.